The lowest BCUT2D eigenvalue weighted by Crippen LogP contribution is -2.53. The van der Waals surface area contributed by atoms with Crippen LogP contribution in [0.4, 0.5) is 0 Å². The quantitative estimate of drug-likeness (QED) is 0.617. The first kappa shape index (κ1) is 10.5. The van der Waals surface area contributed by atoms with Gasteiger partial charge >= 0.3 is 0 Å². The number of hydrogen-bond donors (Lipinski definition) is 1. The number of nitrogens with zero attached hydrogens (tertiary/aromatic N) is 1. The monoisotopic (exact) mass is 187 g/mol. The van der Waals surface area contributed by atoms with Gasteiger partial charge in [-0.15, -0.1) is 0 Å². The van der Waals surface area contributed by atoms with Crippen molar-refractivity contribution in [3.8, 4) is 0 Å². The van der Waals surface area contributed by atoms with Crippen molar-refractivity contribution in [1.29, 1.82) is 0 Å². The van der Waals surface area contributed by atoms with Gasteiger partial charge in [-0.1, -0.05) is 6.92 Å². The number of β-amino-alcohol motifs (C(OH)–C–C–N with tert-alkyl or cyclic N) is 1. The minimum absolute atomic E-state index is 0.0846. The summed E-state index contributed by atoms with van der Waals surface area (Å²) >= 11 is 0. The van der Waals surface area contributed by atoms with Crippen molar-refractivity contribution in [3.63, 3.8) is 0 Å². The maximum Gasteiger partial charge on any atom is 0.225 e. The Morgan fingerprint density at radius 1 is 1.54 bits per heavy atom. The van der Waals surface area contributed by atoms with E-state index in [1.807, 2.05) is 6.92 Å². The molecule has 1 amide bonds. The Balaban J connectivity index is 1.99. The topological polar surface area (TPSA) is 49.8 Å². The summed E-state index contributed by atoms with van der Waals surface area (Å²) in [6.45, 7) is 4.24. The fraction of sp³-hybridized carbons (Fsp3) is 0.889. The van der Waals surface area contributed by atoms with Crippen LogP contribution < -0.4 is 0 Å². The first-order valence-corrected chi connectivity index (χ1v) is 4.77. The molecule has 0 saturated carbocycles. The van der Waals surface area contributed by atoms with Crippen molar-refractivity contribution < 1.29 is 14.6 Å². The van der Waals surface area contributed by atoms with Crippen LogP contribution in [-0.4, -0.2) is 48.3 Å². The summed E-state index contributed by atoms with van der Waals surface area (Å²) in [7, 11) is 0. The number of carbonyl (C=O) groups is 1. The number of likely N-dealkylation sites (tertiary alicyclic amines) is 1. The van der Waals surface area contributed by atoms with E-state index in [1.165, 1.54) is 0 Å². The van der Waals surface area contributed by atoms with E-state index in [1.54, 1.807) is 4.90 Å². The minimum atomic E-state index is -0.305. The van der Waals surface area contributed by atoms with Crippen molar-refractivity contribution in [2.45, 2.75) is 25.9 Å². The summed E-state index contributed by atoms with van der Waals surface area (Å²) in [5, 5.41) is 8.95. The molecular weight excluding hydrogens is 170 g/mol. The van der Waals surface area contributed by atoms with Gasteiger partial charge in [-0.05, 0) is 6.42 Å². The van der Waals surface area contributed by atoms with E-state index < -0.39 is 0 Å². The average Bonchev–Trinajstić information content (AvgIpc) is 2.07. The number of aliphatic hydroxyl groups excluding tert-OH is 1. The van der Waals surface area contributed by atoms with Gasteiger partial charge in [0.1, 0.15) is 0 Å². The van der Waals surface area contributed by atoms with E-state index in [-0.39, 0.29) is 12.0 Å². The second-order valence-corrected chi connectivity index (χ2v) is 3.31. The Morgan fingerprint density at radius 2 is 2.23 bits per heavy atom. The maximum atomic E-state index is 11.3. The van der Waals surface area contributed by atoms with E-state index in [0.717, 1.165) is 13.0 Å². The van der Waals surface area contributed by atoms with Crippen molar-refractivity contribution in [1.82, 2.24) is 4.90 Å². The molecule has 1 N–H and O–H groups in total. The summed E-state index contributed by atoms with van der Waals surface area (Å²) in [6, 6.07) is 0. The van der Waals surface area contributed by atoms with Crippen LogP contribution in [0.3, 0.4) is 0 Å². The largest absolute Gasteiger partial charge is 0.389 e. The van der Waals surface area contributed by atoms with Crippen molar-refractivity contribution in [3.05, 3.63) is 0 Å². The fourth-order valence-electron chi connectivity index (χ4n) is 1.22. The molecule has 0 aromatic rings. The number of ether oxygens (including phenoxy) is 1. The molecule has 1 aliphatic heterocycles. The zero-order valence-corrected chi connectivity index (χ0v) is 8.03. The molecular formula is C9H17NO3. The Hall–Kier alpha value is -0.610. The Morgan fingerprint density at radius 3 is 2.77 bits per heavy atom. The minimum Gasteiger partial charge on any atom is -0.389 e. The van der Waals surface area contributed by atoms with Gasteiger partial charge in [0.2, 0.25) is 5.91 Å². The highest BCUT2D eigenvalue weighted by molar-refractivity contribution is 5.77. The summed E-state index contributed by atoms with van der Waals surface area (Å²) in [5.74, 6) is 0.0846. The zero-order valence-electron chi connectivity index (χ0n) is 8.03. The van der Waals surface area contributed by atoms with E-state index >= 15 is 0 Å². The third kappa shape index (κ3) is 3.32. The number of carbonyl (C=O) groups excluding carboxylic acids is 1. The Kier molecular flexibility index (Phi) is 4.18. The van der Waals surface area contributed by atoms with Gasteiger partial charge in [-0.3, -0.25) is 4.79 Å². The predicted molar refractivity (Wildman–Crippen MR) is 48.3 cm³/mol. The number of amides is 1. The summed E-state index contributed by atoms with van der Waals surface area (Å²) in [5.41, 5.74) is 0. The summed E-state index contributed by atoms with van der Waals surface area (Å²) < 4.78 is 5.19. The lowest BCUT2D eigenvalue weighted by Gasteiger charge is -2.35. The van der Waals surface area contributed by atoms with Crippen molar-refractivity contribution in [2.75, 3.05) is 26.3 Å². The molecule has 0 aromatic heterocycles. The van der Waals surface area contributed by atoms with Gasteiger partial charge < -0.3 is 14.7 Å². The molecule has 1 saturated heterocycles. The van der Waals surface area contributed by atoms with Gasteiger partial charge in [0.15, 0.2) is 0 Å². The highest BCUT2D eigenvalue weighted by Crippen LogP contribution is 2.08. The fourth-order valence-corrected chi connectivity index (χ4v) is 1.22. The van der Waals surface area contributed by atoms with Crippen LogP contribution >= 0.6 is 0 Å². The van der Waals surface area contributed by atoms with Crippen LogP contribution in [0.25, 0.3) is 0 Å². The molecule has 13 heavy (non-hydrogen) atoms. The van der Waals surface area contributed by atoms with Crippen LogP contribution in [0.5, 0.6) is 0 Å². The van der Waals surface area contributed by atoms with Crippen molar-refractivity contribution in [2.24, 2.45) is 0 Å². The smallest absolute Gasteiger partial charge is 0.225 e. The van der Waals surface area contributed by atoms with E-state index in [4.69, 9.17) is 9.84 Å². The molecule has 0 atom stereocenters. The molecule has 0 bridgehead atoms. The third-order valence-electron chi connectivity index (χ3n) is 2.02. The molecule has 0 unspecified atom stereocenters. The lowest BCUT2D eigenvalue weighted by molar-refractivity contribution is -0.142. The van der Waals surface area contributed by atoms with E-state index in [9.17, 15) is 4.79 Å². The molecule has 4 heteroatoms. The third-order valence-corrected chi connectivity index (χ3v) is 2.02. The van der Waals surface area contributed by atoms with Crippen LogP contribution in [0.2, 0.25) is 0 Å². The first-order chi connectivity index (χ1) is 6.24. The second kappa shape index (κ2) is 5.19. The van der Waals surface area contributed by atoms with Gasteiger partial charge in [-0.2, -0.15) is 0 Å². The van der Waals surface area contributed by atoms with Gasteiger partial charge in [0.05, 0.1) is 19.1 Å². The predicted octanol–water partition coefficient (Wildman–Crippen LogP) is 0.00620. The molecule has 0 aromatic carbocycles. The van der Waals surface area contributed by atoms with Crippen LogP contribution in [-0.2, 0) is 9.53 Å². The maximum absolute atomic E-state index is 11.3. The highest BCUT2D eigenvalue weighted by Gasteiger charge is 2.27. The first-order valence-electron chi connectivity index (χ1n) is 4.77. The summed E-state index contributed by atoms with van der Waals surface area (Å²) in [6.07, 6.45) is 1.11. The van der Waals surface area contributed by atoms with Gasteiger partial charge in [-0.25, -0.2) is 0 Å². The molecule has 0 radical (unpaired) electrons. The standard InChI is InChI=1S/C9H17NO3/c1-2-4-13-5-3-9(12)10-6-8(11)7-10/h8,11H,2-7H2,1H3. The van der Waals surface area contributed by atoms with Gasteiger partial charge in [0.25, 0.3) is 0 Å². The van der Waals surface area contributed by atoms with Crippen LogP contribution in [0, 0.1) is 0 Å². The number of aliphatic hydroxyl groups is 1. The molecule has 4 nitrogen and oxygen atoms in total. The molecule has 0 aliphatic carbocycles. The molecule has 1 aliphatic rings. The molecule has 0 spiro atoms. The normalized spacial score (nSPS) is 17.2. The molecule has 76 valence electrons. The SMILES string of the molecule is CCCOCCC(=O)N1CC(O)C1. The Bertz CT molecular complexity index is 166. The molecule has 1 heterocycles. The average molecular weight is 187 g/mol. The van der Waals surface area contributed by atoms with Crippen LogP contribution in [0.1, 0.15) is 19.8 Å². The zero-order chi connectivity index (χ0) is 9.68. The van der Waals surface area contributed by atoms with Crippen molar-refractivity contribution >= 4 is 5.91 Å². The summed E-state index contributed by atoms with van der Waals surface area (Å²) in [4.78, 5) is 12.9. The second-order valence-electron chi connectivity index (χ2n) is 3.31. The number of hydrogen-bond acceptors (Lipinski definition) is 3. The molecule has 1 rings (SSSR count). The highest BCUT2D eigenvalue weighted by atomic mass is 16.5. The van der Waals surface area contributed by atoms with E-state index in [2.05, 4.69) is 0 Å². The molecule has 1 fully saturated rings. The van der Waals surface area contributed by atoms with E-state index in [0.29, 0.717) is 26.1 Å². The lowest BCUT2D eigenvalue weighted by atomic mass is 10.1. The Labute approximate surface area is 78.5 Å². The number of rotatable bonds is 5. The van der Waals surface area contributed by atoms with Crippen LogP contribution in [0.15, 0.2) is 0 Å². The van der Waals surface area contributed by atoms with Gasteiger partial charge in [0, 0.05) is 19.7 Å².